The number of aryl methyl sites for hydroxylation is 1. The van der Waals surface area contributed by atoms with Gasteiger partial charge in [0.05, 0.1) is 5.41 Å². The molecule has 1 aliphatic carbocycles. The lowest BCUT2D eigenvalue weighted by Crippen LogP contribution is -2.26. The van der Waals surface area contributed by atoms with Crippen LogP contribution in [-0.4, -0.2) is 24.9 Å². The highest BCUT2D eigenvalue weighted by atomic mass is 19.4. The van der Waals surface area contributed by atoms with Gasteiger partial charge in [-0.3, -0.25) is 0 Å². The summed E-state index contributed by atoms with van der Waals surface area (Å²) in [4.78, 5) is 0. The first-order chi connectivity index (χ1) is 9.45. The molecular weight excluding hydrogens is 267 g/mol. The first-order valence-electron chi connectivity index (χ1n) is 6.70. The van der Waals surface area contributed by atoms with Crippen molar-refractivity contribution in [2.45, 2.75) is 38.8 Å². The largest absolute Gasteiger partial charge is 0.400 e. The Kier molecular flexibility index (Phi) is 8.49. The molecular formula is C15H24F3NO. The maximum Gasteiger partial charge on any atom is 0.394 e. The number of rotatable bonds is 3. The summed E-state index contributed by atoms with van der Waals surface area (Å²) < 4.78 is 36.1. The van der Waals surface area contributed by atoms with Gasteiger partial charge in [0.25, 0.3) is 0 Å². The summed E-state index contributed by atoms with van der Waals surface area (Å²) in [6, 6.07) is 10.5. The van der Waals surface area contributed by atoms with E-state index in [1.807, 2.05) is 6.07 Å². The minimum atomic E-state index is -4.02. The van der Waals surface area contributed by atoms with Gasteiger partial charge in [0, 0.05) is 7.11 Å². The second kappa shape index (κ2) is 8.97. The van der Waals surface area contributed by atoms with Crippen molar-refractivity contribution in [2.75, 3.05) is 13.7 Å². The lowest BCUT2D eigenvalue weighted by Gasteiger charge is -2.17. The first kappa shape index (κ1) is 18.9. The SMILES string of the molecule is CCc1ccccc1.CO.NCCC1(C(F)(F)F)CC1. The van der Waals surface area contributed by atoms with Gasteiger partial charge in [0.15, 0.2) is 0 Å². The van der Waals surface area contributed by atoms with Crippen LogP contribution in [0.15, 0.2) is 30.3 Å². The van der Waals surface area contributed by atoms with E-state index in [1.165, 1.54) is 5.56 Å². The van der Waals surface area contributed by atoms with E-state index in [0.717, 1.165) is 13.5 Å². The topological polar surface area (TPSA) is 46.2 Å². The lowest BCUT2D eigenvalue weighted by molar-refractivity contribution is -0.188. The van der Waals surface area contributed by atoms with E-state index in [4.69, 9.17) is 10.8 Å². The maximum absolute atomic E-state index is 12.0. The van der Waals surface area contributed by atoms with E-state index < -0.39 is 11.6 Å². The van der Waals surface area contributed by atoms with Crippen LogP contribution >= 0.6 is 0 Å². The number of halogens is 3. The average Bonchev–Trinajstić information content (AvgIpc) is 3.24. The van der Waals surface area contributed by atoms with Crippen molar-refractivity contribution >= 4 is 0 Å². The Balaban J connectivity index is 0.000000327. The molecule has 0 aliphatic heterocycles. The third-order valence-electron chi connectivity index (χ3n) is 3.33. The van der Waals surface area contributed by atoms with Crippen molar-refractivity contribution in [3.05, 3.63) is 35.9 Å². The zero-order chi connectivity index (χ0) is 15.6. The molecule has 0 heterocycles. The summed E-state index contributed by atoms with van der Waals surface area (Å²) in [5.74, 6) is 0. The molecule has 5 heteroatoms. The number of nitrogens with two attached hydrogens (primary N) is 1. The smallest absolute Gasteiger partial charge is 0.394 e. The molecule has 0 saturated heterocycles. The van der Waals surface area contributed by atoms with E-state index >= 15 is 0 Å². The van der Waals surface area contributed by atoms with E-state index in [9.17, 15) is 13.2 Å². The quantitative estimate of drug-likeness (QED) is 0.895. The number of alkyl halides is 3. The van der Waals surface area contributed by atoms with Crippen LogP contribution in [-0.2, 0) is 6.42 Å². The summed E-state index contributed by atoms with van der Waals surface area (Å²) in [6.45, 7) is 2.30. The summed E-state index contributed by atoms with van der Waals surface area (Å²) in [7, 11) is 1.00. The van der Waals surface area contributed by atoms with E-state index in [1.54, 1.807) is 0 Å². The Bertz CT molecular complexity index is 348. The Morgan fingerprint density at radius 3 is 1.85 bits per heavy atom. The second-order valence-electron chi connectivity index (χ2n) is 4.66. The summed E-state index contributed by atoms with van der Waals surface area (Å²) in [6.07, 6.45) is -2.24. The van der Waals surface area contributed by atoms with Crippen LogP contribution < -0.4 is 5.73 Å². The number of aliphatic hydroxyl groups excluding tert-OH is 1. The highest BCUT2D eigenvalue weighted by Crippen LogP contribution is 2.59. The molecule has 116 valence electrons. The number of hydrogen-bond donors (Lipinski definition) is 2. The Labute approximate surface area is 118 Å². The molecule has 0 unspecified atom stereocenters. The molecule has 1 aliphatic rings. The third kappa shape index (κ3) is 5.92. The van der Waals surface area contributed by atoms with Crippen molar-refractivity contribution < 1.29 is 18.3 Å². The normalized spacial score (nSPS) is 15.3. The summed E-state index contributed by atoms with van der Waals surface area (Å²) in [5, 5.41) is 7.00. The van der Waals surface area contributed by atoms with Crippen molar-refractivity contribution in [2.24, 2.45) is 11.1 Å². The fraction of sp³-hybridized carbons (Fsp3) is 0.600. The van der Waals surface area contributed by atoms with Gasteiger partial charge in [0.1, 0.15) is 0 Å². The van der Waals surface area contributed by atoms with Crippen LogP contribution in [0, 0.1) is 5.41 Å². The molecule has 1 aromatic carbocycles. The average molecular weight is 291 g/mol. The van der Waals surface area contributed by atoms with Crippen LogP contribution in [0.1, 0.15) is 31.7 Å². The van der Waals surface area contributed by atoms with Gasteiger partial charge in [-0.25, -0.2) is 0 Å². The number of benzene rings is 1. The predicted octanol–water partition coefficient (Wildman–Crippen LogP) is 3.54. The highest BCUT2D eigenvalue weighted by molar-refractivity contribution is 5.13. The monoisotopic (exact) mass is 291 g/mol. The minimum absolute atomic E-state index is 0.0938. The molecule has 0 bridgehead atoms. The van der Waals surface area contributed by atoms with Crippen LogP contribution in [0.4, 0.5) is 13.2 Å². The Morgan fingerprint density at radius 1 is 1.15 bits per heavy atom. The minimum Gasteiger partial charge on any atom is -0.400 e. The van der Waals surface area contributed by atoms with Gasteiger partial charge in [0.2, 0.25) is 0 Å². The van der Waals surface area contributed by atoms with Crippen molar-refractivity contribution in [1.29, 1.82) is 0 Å². The van der Waals surface area contributed by atoms with Crippen LogP contribution in [0.2, 0.25) is 0 Å². The van der Waals surface area contributed by atoms with Gasteiger partial charge >= 0.3 is 6.18 Å². The van der Waals surface area contributed by atoms with Crippen LogP contribution in [0.25, 0.3) is 0 Å². The molecule has 1 fully saturated rings. The predicted molar refractivity (Wildman–Crippen MR) is 75.4 cm³/mol. The zero-order valence-corrected chi connectivity index (χ0v) is 12.1. The fourth-order valence-corrected chi connectivity index (χ4v) is 1.82. The number of hydrogen-bond acceptors (Lipinski definition) is 2. The zero-order valence-electron chi connectivity index (χ0n) is 12.1. The molecule has 3 N–H and O–H groups in total. The molecule has 0 atom stereocenters. The molecule has 2 nitrogen and oxygen atoms in total. The highest BCUT2D eigenvalue weighted by Gasteiger charge is 2.62. The summed E-state index contributed by atoms with van der Waals surface area (Å²) >= 11 is 0. The molecule has 20 heavy (non-hydrogen) atoms. The van der Waals surface area contributed by atoms with Gasteiger partial charge < -0.3 is 10.8 Å². The molecule has 1 saturated carbocycles. The van der Waals surface area contributed by atoms with Crippen molar-refractivity contribution in [3.8, 4) is 0 Å². The van der Waals surface area contributed by atoms with Gasteiger partial charge in [-0.2, -0.15) is 13.2 Å². The van der Waals surface area contributed by atoms with Crippen molar-refractivity contribution in [1.82, 2.24) is 0 Å². The molecule has 0 amide bonds. The van der Waals surface area contributed by atoms with E-state index in [0.29, 0.717) is 0 Å². The Hall–Kier alpha value is -1.07. The standard InChI is InChI=1S/C8H10.C6H10F3N.CH4O/c1-2-8-6-4-3-5-7-8;7-6(8,9)5(1-2-5)3-4-10;1-2/h3-7H,2H2,1H3;1-4,10H2;2H,1H3. The molecule has 0 aromatic heterocycles. The lowest BCUT2D eigenvalue weighted by atomic mass is 10.0. The second-order valence-corrected chi connectivity index (χ2v) is 4.66. The Morgan fingerprint density at radius 2 is 1.65 bits per heavy atom. The first-order valence-corrected chi connectivity index (χ1v) is 6.70. The van der Waals surface area contributed by atoms with E-state index in [2.05, 4.69) is 31.2 Å². The van der Waals surface area contributed by atoms with E-state index in [-0.39, 0.29) is 25.8 Å². The molecule has 0 spiro atoms. The van der Waals surface area contributed by atoms with Crippen molar-refractivity contribution in [3.63, 3.8) is 0 Å². The molecule has 2 rings (SSSR count). The van der Waals surface area contributed by atoms with Crippen LogP contribution in [0.5, 0.6) is 0 Å². The summed E-state index contributed by atoms with van der Waals surface area (Å²) in [5.41, 5.74) is 5.07. The molecule has 0 radical (unpaired) electrons. The van der Waals surface area contributed by atoms with Gasteiger partial charge in [-0.05, 0) is 37.8 Å². The van der Waals surface area contributed by atoms with Gasteiger partial charge in [-0.15, -0.1) is 0 Å². The fourth-order valence-electron chi connectivity index (χ4n) is 1.82. The maximum atomic E-state index is 12.0. The van der Waals surface area contributed by atoms with Gasteiger partial charge in [-0.1, -0.05) is 37.3 Å². The molecule has 1 aromatic rings. The number of aliphatic hydroxyl groups is 1. The van der Waals surface area contributed by atoms with Crippen LogP contribution in [0.3, 0.4) is 0 Å². The third-order valence-corrected chi connectivity index (χ3v) is 3.33.